The number of imidazole rings is 1. The molecule has 0 amide bonds. The van der Waals surface area contributed by atoms with Gasteiger partial charge in [0.25, 0.3) is 0 Å². The quantitative estimate of drug-likeness (QED) is 0.685. The van der Waals surface area contributed by atoms with Crippen LogP contribution in [0.5, 0.6) is 0 Å². The normalized spacial score (nSPS) is 10.7. The molecule has 0 saturated carbocycles. The van der Waals surface area contributed by atoms with Gasteiger partial charge in [-0.2, -0.15) is 0 Å². The van der Waals surface area contributed by atoms with Crippen molar-refractivity contribution in [3.63, 3.8) is 0 Å². The van der Waals surface area contributed by atoms with Gasteiger partial charge >= 0.3 is 0 Å². The second kappa shape index (κ2) is 6.55. The van der Waals surface area contributed by atoms with Gasteiger partial charge in [0.05, 0.1) is 11.9 Å². The van der Waals surface area contributed by atoms with Gasteiger partial charge in [-0.1, -0.05) is 51.8 Å². The van der Waals surface area contributed by atoms with Crippen LogP contribution in [0.4, 0.5) is 5.95 Å². The predicted octanol–water partition coefficient (Wildman–Crippen LogP) is 5.12. The monoisotopic (exact) mass is 375 g/mol. The first-order valence-electron chi connectivity index (χ1n) is 6.89. The van der Waals surface area contributed by atoms with E-state index in [1.165, 1.54) is 5.56 Å². The molecule has 1 aromatic heterocycles. The summed E-state index contributed by atoms with van der Waals surface area (Å²) in [5.74, 6) is 0.841. The molecule has 0 saturated heterocycles. The molecule has 0 aliphatic heterocycles. The van der Waals surface area contributed by atoms with Crippen LogP contribution < -0.4 is 5.32 Å². The molecule has 0 unspecified atom stereocenters. The zero-order chi connectivity index (χ0) is 15.5. The van der Waals surface area contributed by atoms with Crippen molar-refractivity contribution in [1.82, 2.24) is 9.55 Å². The molecule has 22 heavy (non-hydrogen) atoms. The molecule has 112 valence electrons. The lowest BCUT2D eigenvalue weighted by Crippen LogP contribution is -2.05. The molecule has 0 radical (unpaired) electrons. The van der Waals surface area contributed by atoms with Crippen LogP contribution in [0.15, 0.2) is 59.2 Å². The molecule has 1 N–H and O–H groups in total. The largest absolute Gasteiger partial charge is 0.352 e. The zero-order valence-corrected chi connectivity index (χ0v) is 14.4. The first-order valence-corrected chi connectivity index (χ1v) is 8.06. The van der Waals surface area contributed by atoms with Gasteiger partial charge < -0.3 is 9.88 Å². The van der Waals surface area contributed by atoms with E-state index in [2.05, 4.69) is 38.4 Å². The van der Waals surface area contributed by atoms with Gasteiger partial charge in [-0.15, -0.1) is 0 Å². The summed E-state index contributed by atoms with van der Waals surface area (Å²) in [4.78, 5) is 4.46. The fourth-order valence-electron chi connectivity index (χ4n) is 2.25. The van der Waals surface area contributed by atoms with Gasteiger partial charge in [-0.3, -0.25) is 0 Å². The van der Waals surface area contributed by atoms with Gasteiger partial charge in [-0.25, -0.2) is 4.98 Å². The van der Waals surface area contributed by atoms with Crippen molar-refractivity contribution in [2.45, 2.75) is 6.54 Å². The Labute approximate surface area is 143 Å². The Hall–Kier alpha value is -1.78. The minimum Gasteiger partial charge on any atom is -0.352 e. The number of halogens is 2. The molecule has 0 aliphatic rings. The minimum absolute atomic E-state index is 0.734. The van der Waals surface area contributed by atoms with Crippen LogP contribution in [-0.2, 0) is 13.6 Å². The summed E-state index contributed by atoms with van der Waals surface area (Å²) in [5, 5.41) is 4.10. The van der Waals surface area contributed by atoms with Crippen LogP contribution in [0, 0.1) is 0 Å². The lowest BCUT2D eigenvalue weighted by molar-refractivity contribution is 0.907. The Morgan fingerprint density at radius 1 is 1.09 bits per heavy atom. The van der Waals surface area contributed by atoms with Gasteiger partial charge in [0.15, 0.2) is 0 Å². The summed E-state index contributed by atoms with van der Waals surface area (Å²) in [5.41, 5.74) is 3.35. The van der Waals surface area contributed by atoms with Crippen molar-refractivity contribution in [2.75, 3.05) is 5.32 Å². The number of nitrogens with one attached hydrogen (secondary N) is 1. The van der Waals surface area contributed by atoms with Gasteiger partial charge in [-0.05, 0) is 35.4 Å². The molecule has 1 heterocycles. The number of benzene rings is 2. The molecule has 2 aromatic carbocycles. The Balaban J connectivity index is 1.75. The van der Waals surface area contributed by atoms with E-state index < -0.39 is 0 Å². The van der Waals surface area contributed by atoms with Crippen LogP contribution >= 0.6 is 27.5 Å². The average molecular weight is 377 g/mol. The number of rotatable bonds is 4. The van der Waals surface area contributed by atoms with Crippen molar-refractivity contribution in [3.8, 4) is 11.3 Å². The number of anilines is 1. The molecule has 0 spiro atoms. The van der Waals surface area contributed by atoms with Gasteiger partial charge in [0, 0.05) is 23.1 Å². The molecule has 3 aromatic rings. The van der Waals surface area contributed by atoms with E-state index in [4.69, 9.17) is 11.6 Å². The smallest absolute Gasteiger partial charge is 0.203 e. The SMILES string of the molecule is Cn1c(-c2ccc(Cl)cc2)cnc1NCc1ccc(Br)cc1. The molecular formula is C17H15BrClN3. The number of aromatic nitrogens is 2. The summed E-state index contributed by atoms with van der Waals surface area (Å²) < 4.78 is 3.13. The van der Waals surface area contributed by atoms with E-state index in [0.717, 1.165) is 33.2 Å². The van der Waals surface area contributed by atoms with Crippen molar-refractivity contribution < 1.29 is 0 Å². The van der Waals surface area contributed by atoms with Gasteiger partial charge in [0.1, 0.15) is 0 Å². The maximum absolute atomic E-state index is 5.93. The summed E-state index contributed by atoms with van der Waals surface area (Å²) in [6.07, 6.45) is 1.87. The minimum atomic E-state index is 0.734. The predicted molar refractivity (Wildman–Crippen MR) is 95.1 cm³/mol. The second-order valence-corrected chi connectivity index (χ2v) is 6.37. The van der Waals surface area contributed by atoms with E-state index in [-0.39, 0.29) is 0 Å². The highest BCUT2D eigenvalue weighted by Gasteiger charge is 2.08. The van der Waals surface area contributed by atoms with Gasteiger partial charge in [0.2, 0.25) is 5.95 Å². The van der Waals surface area contributed by atoms with E-state index in [1.807, 2.05) is 54.2 Å². The third-order valence-electron chi connectivity index (χ3n) is 3.49. The molecular weight excluding hydrogens is 362 g/mol. The first kappa shape index (κ1) is 15.1. The van der Waals surface area contributed by atoms with Crippen LogP contribution in [0.25, 0.3) is 11.3 Å². The summed E-state index contributed by atoms with van der Waals surface area (Å²) in [6, 6.07) is 16.0. The van der Waals surface area contributed by atoms with Crippen LogP contribution in [0.1, 0.15) is 5.56 Å². The highest BCUT2D eigenvalue weighted by molar-refractivity contribution is 9.10. The molecule has 0 atom stereocenters. The molecule has 3 rings (SSSR count). The van der Waals surface area contributed by atoms with Crippen molar-refractivity contribution >= 4 is 33.5 Å². The fraction of sp³-hybridized carbons (Fsp3) is 0.118. The third-order valence-corrected chi connectivity index (χ3v) is 4.27. The summed E-state index contributed by atoms with van der Waals surface area (Å²) in [7, 11) is 2.00. The average Bonchev–Trinajstić information content (AvgIpc) is 2.89. The molecule has 3 nitrogen and oxygen atoms in total. The molecule has 0 bridgehead atoms. The van der Waals surface area contributed by atoms with Crippen molar-refractivity contribution in [1.29, 1.82) is 0 Å². The molecule has 5 heteroatoms. The Bertz CT molecular complexity index is 764. The standard InChI is InChI=1S/C17H15BrClN3/c1-22-16(13-4-8-15(19)9-5-13)11-21-17(22)20-10-12-2-6-14(18)7-3-12/h2-9,11H,10H2,1H3,(H,20,21). The Kier molecular flexibility index (Phi) is 4.50. The first-order chi connectivity index (χ1) is 10.6. The third kappa shape index (κ3) is 3.34. The lowest BCUT2D eigenvalue weighted by Gasteiger charge is -2.09. The Morgan fingerprint density at radius 2 is 1.77 bits per heavy atom. The maximum atomic E-state index is 5.93. The highest BCUT2D eigenvalue weighted by Crippen LogP contribution is 2.23. The lowest BCUT2D eigenvalue weighted by atomic mass is 10.2. The molecule has 0 aliphatic carbocycles. The molecule has 0 fully saturated rings. The van der Waals surface area contributed by atoms with E-state index >= 15 is 0 Å². The van der Waals surface area contributed by atoms with Crippen molar-refractivity contribution in [3.05, 3.63) is 69.8 Å². The summed E-state index contributed by atoms with van der Waals surface area (Å²) in [6.45, 7) is 0.734. The van der Waals surface area contributed by atoms with Crippen LogP contribution in [0.3, 0.4) is 0 Å². The van der Waals surface area contributed by atoms with E-state index in [1.54, 1.807) is 0 Å². The van der Waals surface area contributed by atoms with Crippen molar-refractivity contribution in [2.24, 2.45) is 7.05 Å². The van der Waals surface area contributed by atoms with E-state index in [9.17, 15) is 0 Å². The van der Waals surface area contributed by atoms with Crippen LogP contribution in [0.2, 0.25) is 5.02 Å². The highest BCUT2D eigenvalue weighted by atomic mass is 79.9. The number of hydrogen-bond donors (Lipinski definition) is 1. The fourth-order valence-corrected chi connectivity index (χ4v) is 2.64. The number of nitrogens with zero attached hydrogens (tertiary/aromatic N) is 2. The number of hydrogen-bond acceptors (Lipinski definition) is 2. The summed E-state index contributed by atoms with van der Waals surface area (Å²) >= 11 is 9.38. The van der Waals surface area contributed by atoms with E-state index in [0.29, 0.717) is 0 Å². The zero-order valence-electron chi connectivity index (χ0n) is 12.1. The van der Waals surface area contributed by atoms with Crippen LogP contribution in [-0.4, -0.2) is 9.55 Å². The second-order valence-electron chi connectivity index (χ2n) is 5.01. The topological polar surface area (TPSA) is 29.9 Å². The Morgan fingerprint density at radius 3 is 2.45 bits per heavy atom. The maximum Gasteiger partial charge on any atom is 0.203 e.